The van der Waals surface area contributed by atoms with Crippen LogP contribution < -0.4 is 0 Å². The van der Waals surface area contributed by atoms with E-state index in [1.165, 1.54) is 13.8 Å². The Hall–Kier alpha value is -1.39. The predicted molar refractivity (Wildman–Crippen MR) is 52.1 cm³/mol. The van der Waals surface area contributed by atoms with Crippen molar-refractivity contribution in [2.24, 2.45) is 0 Å². The highest BCUT2D eigenvalue weighted by Crippen LogP contribution is 2.00. The lowest BCUT2D eigenvalue weighted by atomic mass is 10.3. The number of esters is 2. The molecule has 1 unspecified atom stereocenters. The van der Waals surface area contributed by atoms with Crippen LogP contribution in [0, 0.1) is 0 Å². The third-order valence-electron chi connectivity index (χ3n) is 1.39. The van der Waals surface area contributed by atoms with E-state index in [4.69, 9.17) is 4.74 Å². The van der Waals surface area contributed by atoms with Crippen molar-refractivity contribution >= 4 is 17.7 Å². The molecule has 0 aromatic rings. The number of carbonyl (C=O) groups excluding carboxylic acids is 3. The van der Waals surface area contributed by atoms with E-state index in [1.807, 2.05) is 0 Å². The number of rotatable bonds is 5. The number of hydrogen-bond donors (Lipinski definition) is 0. The molecule has 0 rings (SSSR count). The Balaban J connectivity index is 4.01. The molecule has 0 bridgehead atoms. The standard InChI is InChI=1S/C10H16O5/c1-6(2)14-10(13)8(4)15-9(12)5-7(3)11/h6,8H,5H2,1-4H3. The van der Waals surface area contributed by atoms with Gasteiger partial charge in [-0.05, 0) is 27.7 Å². The van der Waals surface area contributed by atoms with Crippen LogP contribution in [0.5, 0.6) is 0 Å². The molecular formula is C10H16O5. The van der Waals surface area contributed by atoms with Crippen molar-refractivity contribution < 1.29 is 23.9 Å². The first kappa shape index (κ1) is 13.6. The largest absolute Gasteiger partial charge is 0.460 e. The van der Waals surface area contributed by atoms with Crippen molar-refractivity contribution in [1.82, 2.24) is 0 Å². The Bertz CT molecular complexity index is 257. The highest BCUT2D eigenvalue weighted by Gasteiger charge is 2.20. The first-order valence-corrected chi connectivity index (χ1v) is 4.72. The van der Waals surface area contributed by atoms with Crippen molar-refractivity contribution in [3.63, 3.8) is 0 Å². The molecule has 5 heteroatoms. The van der Waals surface area contributed by atoms with Crippen molar-refractivity contribution in [3.8, 4) is 0 Å². The molecule has 0 saturated carbocycles. The summed E-state index contributed by atoms with van der Waals surface area (Å²) < 4.78 is 9.51. The normalized spacial score (nSPS) is 12.1. The van der Waals surface area contributed by atoms with E-state index >= 15 is 0 Å². The van der Waals surface area contributed by atoms with Crippen molar-refractivity contribution in [3.05, 3.63) is 0 Å². The quantitative estimate of drug-likeness (QED) is 0.503. The monoisotopic (exact) mass is 216 g/mol. The molecule has 5 nitrogen and oxygen atoms in total. The van der Waals surface area contributed by atoms with Crippen LogP contribution in [0.4, 0.5) is 0 Å². The summed E-state index contributed by atoms with van der Waals surface area (Å²) in [6, 6.07) is 0. The molecular weight excluding hydrogens is 200 g/mol. The van der Waals surface area contributed by atoms with Gasteiger partial charge in [-0.1, -0.05) is 0 Å². The summed E-state index contributed by atoms with van der Waals surface area (Å²) in [5.41, 5.74) is 0. The Morgan fingerprint density at radius 2 is 1.60 bits per heavy atom. The zero-order valence-electron chi connectivity index (χ0n) is 9.40. The predicted octanol–water partition coefficient (Wildman–Crippen LogP) is 0.849. The third-order valence-corrected chi connectivity index (χ3v) is 1.39. The topological polar surface area (TPSA) is 69.7 Å². The van der Waals surface area contributed by atoms with Gasteiger partial charge < -0.3 is 9.47 Å². The van der Waals surface area contributed by atoms with Gasteiger partial charge in [0.15, 0.2) is 6.10 Å². The smallest absolute Gasteiger partial charge is 0.347 e. The molecule has 0 fully saturated rings. The van der Waals surface area contributed by atoms with E-state index in [0.717, 1.165) is 0 Å². The molecule has 0 aromatic carbocycles. The zero-order chi connectivity index (χ0) is 12.0. The minimum absolute atomic E-state index is 0.258. The van der Waals surface area contributed by atoms with Crippen LogP contribution >= 0.6 is 0 Å². The SMILES string of the molecule is CC(=O)CC(=O)OC(C)C(=O)OC(C)C. The van der Waals surface area contributed by atoms with Gasteiger partial charge in [-0.15, -0.1) is 0 Å². The van der Waals surface area contributed by atoms with Crippen LogP contribution in [0.25, 0.3) is 0 Å². The summed E-state index contributed by atoms with van der Waals surface area (Å²) in [6.45, 7) is 6.07. The van der Waals surface area contributed by atoms with E-state index in [9.17, 15) is 14.4 Å². The van der Waals surface area contributed by atoms with Gasteiger partial charge in [-0.2, -0.15) is 0 Å². The van der Waals surface area contributed by atoms with Crippen LogP contribution in [0.15, 0.2) is 0 Å². The number of hydrogen-bond acceptors (Lipinski definition) is 5. The van der Waals surface area contributed by atoms with Crippen molar-refractivity contribution in [2.45, 2.75) is 46.3 Å². The van der Waals surface area contributed by atoms with Crippen LogP contribution in [0.2, 0.25) is 0 Å². The van der Waals surface area contributed by atoms with Crippen molar-refractivity contribution in [1.29, 1.82) is 0 Å². The summed E-state index contributed by atoms with van der Waals surface area (Å²) in [5.74, 6) is -1.62. The fourth-order valence-corrected chi connectivity index (χ4v) is 0.818. The molecule has 0 saturated heterocycles. The maximum Gasteiger partial charge on any atom is 0.347 e. The van der Waals surface area contributed by atoms with Gasteiger partial charge in [-0.3, -0.25) is 9.59 Å². The van der Waals surface area contributed by atoms with Crippen LogP contribution in [-0.2, 0) is 23.9 Å². The van der Waals surface area contributed by atoms with Crippen molar-refractivity contribution in [2.75, 3.05) is 0 Å². The number of carbonyl (C=O) groups is 3. The minimum Gasteiger partial charge on any atom is -0.460 e. The van der Waals surface area contributed by atoms with Gasteiger partial charge >= 0.3 is 11.9 Å². The maximum atomic E-state index is 11.2. The molecule has 0 radical (unpaired) electrons. The average molecular weight is 216 g/mol. The summed E-state index contributed by atoms with van der Waals surface area (Å²) >= 11 is 0. The average Bonchev–Trinajstić information content (AvgIpc) is 2.00. The number of ether oxygens (including phenoxy) is 2. The third kappa shape index (κ3) is 6.65. The number of ketones is 1. The van der Waals surface area contributed by atoms with Gasteiger partial charge in [-0.25, -0.2) is 4.79 Å². The molecule has 0 heterocycles. The zero-order valence-corrected chi connectivity index (χ0v) is 9.40. The molecule has 0 amide bonds. The van der Waals surface area contributed by atoms with Gasteiger partial charge in [0, 0.05) is 0 Å². The molecule has 15 heavy (non-hydrogen) atoms. The highest BCUT2D eigenvalue weighted by molar-refractivity contribution is 5.94. The molecule has 0 aliphatic heterocycles. The maximum absolute atomic E-state index is 11.2. The highest BCUT2D eigenvalue weighted by atomic mass is 16.6. The first-order chi connectivity index (χ1) is 6.82. The lowest BCUT2D eigenvalue weighted by Crippen LogP contribution is -2.28. The Morgan fingerprint density at radius 1 is 1.07 bits per heavy atom. The van der Waals surface area contributed by atoms with E-state index in [1.54, 1.807) is 13.8 Å². The minimum atomic E-state index is -0.973. The van der Waals surface area contributed by atoms with Crippen LogP contribution in [0.3, 0.4) is 0 Å². The molecule has 0 N–H and O–H groups in total. The fourth-order valence-electron chi connectivity index (χ4n) is 0.818. The Kier molecular flexibility index (Phi) is 5.59. The fraction of sp³-hybridized carbons (Fsp3) is 0.700. The summed E-state index contributed by atoms with van der Waals surface area (Å²) in [7, 11) is 0. The van der Waals surface area contributed by atoms with E-state index in [2.05, 4.69) is 4.74 Å². The molecule has 0 aliphatic rings. The van der Waals surface area contributed by atoms with E-state index in [0.29, 0.717) is 0 Å². The number of Topliss-reactive ketones (excluding diaryl/α,β-unsaturated/α-hetero) is 1. The summed E-state index contributed by atoms with van der Waals surface area (Å²) in [4.78, 5) is 32.8. The Labute approximate surface area is 88.7 Å². The molecule has 0 aliphatic carbocycles. The second-order valence-corrected chi connectivity index (χ2v) is 3.50. The second kappa shape index (κ2) is 6.16. The van der Waals surface area contributed by atoms with E-state index < -0.39 is 18.0 Å². The van der Waals surface area contributed by atoms with Crippen LogP contribution in [0.1, 0.15) is 34.1 Å². The molecule has 1 atom stereocenters. The van der Waals surface area contributed by atoms with E-state index in [-0.39, 0.29) is 18.3 Å². The van der Waals surface area contributed by atoms with Gasteiger partial charge in [0.25, 0.3) is 0 Å². The lowest BCUT2D eigenvalue weighted by molar-refractivity contribution is -0.169. The molecule has 0 aromatic heterocycles. The molecule has 86 valence electrons. The summed E-state index contributed by atoms with van der Waals surface area (Å²) in [6.07, 6.45) is -1.55. The van der Waals surface area contributed by atoms with Gasteiger partial charge in [0.1, 0.15) is 12.2 Å². The first-order valence-electron chi connectivity index (χ1n) is 4.72. The van der Waals surface area contributed by atoms with Gasteiger partial charge in [0.2, 0.25) is 0 Å². The second-order valence-electron chi connectivity index (χ2n) is 3.50. The Morgan fingerprint density at radius 3 is 2.00 bits per heavy atom. The lowest BCUT2D eigenvalue weighted by Gasteiger charge is -2.14. The molecule has 0 spiro atoms. The van der Waals surface area contributed by atoms with Gasteiger partial charge in [0.05, 0.1) is 6.10 Å². The summed E-state index contributed by atoms with van der Waals surface area (Å²) in [5, 5.41) is 0. The van der Waals surface area contributed by atoms with Crippen LogP contribution in [-0.4, -0.2) is 29.9 Å².